The Bertz CT molecular complexity index is 642. The number of hydrogen-bond donors (Lipinski definition) is 1. The van der Waals surface area contributed by atoms with Crippen molar-refractivity contribution in [1.29, 1.82) is 0 Å². The van der Waals surface area contributed by atoms with Gasteiger partial charge in [-0.1, -0.05) is 37.3 Å². The summed E-state index contributed by atoms with van der Waals surface area (Å²) >= 11 is 1.69. The first kappa shape index (κ1) is 16.0. The fourth-order valence-corrected chi connectivity index (χ4v) is 3.62. The molecule has 0 aliphatic carbocycles. The van der Waals surface area contributed by atoms with Gasteiger partial charge in [-0.25, -0.2) is 4.98 Å². The predicted molar refractivity (Wildman–Crippen MR) is 97.7 cm³/mol. The van der Waals surface area contributed by atoms with Crippen molar-refractivity contribution in [2.75, 3.05) is 19.6 Å². The van der Waals surface area contributed by atoms with Gasteiger partial charge >= 0.3 is 0 Å². The molecule has 4 nitrogen and oxygen atoms in total. The third kappa shape index (κ3) is 4.32. The molecule has 1 aliphatic rings. The Morgan fingerprint density at radius 2 is 2.04 bits per heavy atom. The maximum Gasteiger partial charge on any atom is 0.191 e. The Balaban J connectivity index is 1.53. The average Bonchev–Trinajstić information content (AvgIpc) is 3.05. The quantitative estimate of drug-likeness (QED) is 0.691. The van der Waals surface area contributed by atoms with E-state index in [0.29, 0.717) is 12.5 Å². The topological polar surface area (TPSA) is 54.5 Å². The van der Waals surface area contributed by atoms with Crippen LogP contribution in [0, 0.1) is 5.92 Å². The van der Waals surface area contributed by atoms with Gasteiger partial charge in [-0.3, -0.25) is 4.99 Å². The molecule has 0 spiro atoms. The van der Waals surface area contributed by atoms with Crippen LogP contribution in [0.2, 0.25) is 0 Å². The van der Waals surface area contributed by atoms with Crippen molar-refractivity contribution in [3.8, 4) is 10.6 Å². The first-order valence-corrected chi connectivity index (χ1v) is 9.15. The molecule has 0 saturated carbocycles. The number of piperidine rings is 1. The number of thiazole rings is 1. The smallest absolute Gasteiger partial charge is 0.191 e. The summed E-state index contributed by atoms with van der Waals surface area (Å²) in [6.45, 7) is 5.07. The van der Waals surface area contributed by atoms with Crippen LogP contribution in [0.1, 0.15) is 25.5 Å². The number of aliphatic imine (C=N–C) groups is 1. The van der Waals surface area contributed by atoms with Crippen LogP contribution < -0.4 is 5.73 Å². The molecule has 0 atom stereocenters. The Labute approximate surface area is 142 Å². The number of benzene rings is 1. The van der Waals surface area contributed by atoms with E-state index < -0.39 is 0 Å². The largest absolute Gasteiger partial charge is 0.370 e. The zero-order valence-corrected chi connectivity index (χ0v) is 14.4. The van der Waals surface area contributed by atoms with Crippen molar-refractivity contribution >= 4 is 17.3 Å². The third-order valence-corrected chi connectivity index (χ3v) is 5.26. The van der Waals surface area contributed by atoms with Crippen LogP contribution in [0.25, 0.3) is 10.6 Å². The first-order chi connectivity index (χ1) is 11.2. The molecular formula is C18H24N4S. The van der Waals surface area contributed by atoms with Crippen LogP contribution in [0.4, 0.5) is 0 Å². The van der Waals surface area contributed by atoms with E-state index in [1.54, 1.807) is 11.3 Å². The minimum Gasteiger partial charge on any atom is -0.370 e. The summed E-state index contributed by atoms with van der Waals surface area (Å²) in [4.78, 5) is 11.4. The predicted octanol–water partition coefficient (Wildman–Crippen LogP) is 3.40. The zero-order valence-electron chi connectivity index (χ0n) is 13.6. The number of aromatic nitrogens is 1. The summed E-state index contributed by atoms with van der Waals surface area (Å²) in [5.41, 5.74) is 8.38. The molecule has 0 radical (unpaired) electrons. The molecule has 0 amide bonds. The van der Waals surface area contributed by atoms with E-state index in [1.807, 2.05) is 18.2 Å². The van der Waals surface area contributed by atoms with Crippen molar-refractivity contribution < 1.29 is 0 Å². The molecule has 2 heterocycles. The molecule has 3 rings (SSSR count). The Morgan fingerprint density at radius 1 is 1.30 bits per heavy atom. The molecule has 23 heavy (non-hydrogen) atoms. The van der Waals surface area contributed by atoms with E-state index in [9.17, 15) is 0 Å². The Kier molecular flexibility index (Phi) is 5.28. The van der Waals surface area contributed by atoms with Gasteiger partial charge in [0.2, 0.25) is 0 Å². The van der Waals surface area contributed by atoms with Gasteiger partial charge in [0.15, 0.2) is 5.96 Å². The van der Waals surface area contributed by atoms with Crippen LogP contribution in [0.3, 0.4) is 0 Å². The first-order valence-electron chi connectivity index (χ1n) is 8.27. The van der Waals surface area contributed by atoms with E-state index in [4.69, 9.17) is 10.7 Å². The van der Waals surface area contributed by atoms with Gasteiger partial charge in [-0.05, 0) is 18.8 Å². The lowest BCUT2D eigenvalue weighted by atomic mass is 10.00. The monoisotopic (exact) mass is 328 g/mol. The molecule has 1 saturated heterocycles. The lowest BCUT2D eigenvalue weighted by Gasteiger charge is -2.31. The minimum atomic E-state index is 0.690. The number of rotatable bonds is 4. The second-order valence-corrected chi connectivity index (χ2v) is 7.03. The molecule has 2 N–H and O–H groups in total. The SMILES string of the molecule is CC1CCN(C(N)=NCCc2csc(-c3ccccc3)n2)CC1. The maximum absolute atomic E-state index is 6.11. The van der Waals surface area contributed by atoms with Crippen LogP contribution in [0.5, 0.6) is 0 Å². The summed E-state index contributed by atoms with van der Waals surface area (Å²) in [6, 6.07) is 10.3. The van der Waals surface area contributed by atoms with Crippen molar-refractivity contribution in [2.24, 2.45) is 16.6 Å². The summed E-state index contributed by atoms with van der Waals surface area (Å²) in [6.07, 6.45) is 3.26. The lowest BCUT2D eigenvalue weighted by molar-refractivity contribution is 0.277. The number of nitrogens with two attached hydrogens (primary N) is 1. The maximum atomic E-state index is 6.11. The van der Waals surface area contributed by atoms with Crippen molar-refractivity contribution in [3.05, 3.63) is 41.4 Å². The van der Waals surface area contributed by atoms with Gasteiger partial charge in [0.05, 0.1) is 5.69 Å². The van der Waals surface area contributed by atoms with Crippen LogP contribution in [0.15, 0.2) is 40.7 Å². The summed E-state index contributed by atoms with van der Waals surface area (Å²) in [5, 5.41) is 3.19. The summed E-state index contributed by atoms with van der Waals surface area (Å²) in [5.74, 6) is 1.50. The van der Waals surface area contributed by atoms with Gasteiger partial charge in [0.25, 0.3) is 0 Å². The fourth-order valence-electron chi connectivity index (χ4n) is 2.76. The number of hydrogen-bond acceptors (Lipinski definition) is 3. The molecule has 5 heteroatoms. The van der Waals surface area contributed by atoms with Crippen molar-refractivity contribution in [2.45, 2.75) is 26.2 Å². The highest BCUT2D eigenvalue weighted by atomic mass is 32.1. The molecule has 0 unspecified atom stereocenters. The lowest BCUT2D eigenvalue weighted by Crippen LogP contribution is -2.42. The normalized spacial score (nSPS) is 16.7. The van der Waals surface area contributed by atoms with E-state index in [0.717, 1.165) is 36.1 Å². The second kappa shape index (κ2) is 7.59. The Morgan fingerprint density at radius 3 is 2.78 bits per heavy atom. The Hall–Kier alpha value is -1.88. The highest BCUT2D eigenvalue weighted by molar-refractivity contribution is 7.13. The van der Waals surface area contributed by atoms with Gasteiger partial charge in [-0.2, -0.15) is 0 Å². The van der Waals surface area contributed by atoms with Gasteiger partial charge in [0.1, 0.15) is 5.01 Å². The zero-order chi connectivity index (χ0) is 16.1. The number of guanidine groups is 1. The molecule has 1 fully saturated rings. The van der Waals surface area contributed by atoms with Gasteiger partial charge in [-0.15, -0.1) is 11.3 Å². The summed E-state index contributed by atoms with van der Waals surface area (Å²) < 4.78 is 0. The summed E-state index contributed by atoms with van der Waals surface area (Å²) in [7, 11) is 0. The molecule has 122 valence electrons. The van der Waals surface area contributed by atoms with Crippen molar-refractivity contribution in [1.82, 2.24) is 9.88 Å². The molecule has 0 bridgehead atoms. The highest BCUT2D eigenvalue weighted by Gasteiger charge is 2.16. The molecule has 1 aromatic carbocycles. The molecule has 2 aromatic rings. The third-order valence-electron chi connectivity index (χ3n) is 4.32. The van der Waals surface area contributed by atoms with Gasteiger partial charge in [0, 0.05) is 37.0 Å². The van der Waals surface area contributed by atoms with Crippen LogP contribution in [-0.2, 0) is 6.42 Å². The average molecular weight is 328 g/mol. The fraction of sp³-hybridized carbons (Fsp3) is 0.444. The van der Waals surface area contributed by atoms with E-state index >= 15 is 0 Å². The number of likely N-dealkylation sites (tertiary alicyclic amines) is 1. The molecule has 1 aliphatic heterocycles. The van der Waals surface area contributed by atoms with E-state index in [-0.39, 0.29) is 0 Å². The van der Waals surface area contributed by atoms with E-state index in [1.165, 1.54) is 18.4 Å². The van der Waals surface area contributed by atoms with Crippen LogP contribution >= 0.6 is 11.3 Å². The van der Waals surface area contributed by atoms with E-state index in [2.05, 4.69) is 34.3 Å². The highest BCUT2D eigenvalue weighted by Crippen LogP contribution is 2.23. The van der Waals surface area contributed by atoms with Crippen LogP contribution in [-0.4, -0.2) is 35.5 Å². The standard InChI is InChI=1S/C18H24N4S/c1-14-8-11-22(12-9-14)18(19)20-10-7-16-13-23-17(21-16)15-5-3-2-4-6-15/h2-6,13-14H,7-12H2,1H3,(H2,19,20). The minimum absolute atomic E-state index is 0.690. The van der Waals surface area contributed by atoms with Crippen molar-refractivity contribution in [3.63, 3.8) is 0 Å². The van der Waals surface area contributed by atoms with Gasteiger partial charge < -0.3 is 10.6 Å². The molecule has 1 aromatic heterocycles. The number of nitrogens with zero attached hydrogens (tertiary/aromatic N) is 3. The molecular weight excluding hydrogens is 304 g/mol. The second-order valence-electron chi connectivity index (χ2n) is 6.17.